The summed E-state index contributed by atoms with van der Waals surface area (Å²) in [5.74, 6) is 0.708. The van der Waals surface area contributed by atoms with Gasteiger partial charge in [-0.05, 0) is 37.6 Å². The Bertz CT molecular complexity index is 974. The number of aromatic nitrogens is 1. The third-order valence-corrected chi connectivity index (χ3v) is 4.18. The summed E-state index contributed by atoms with van der Waals surface area (Å²) in [4.78, 5) is 15.4. The quantitative estimate of drug-likeness (QED) is 0.576. The summed E-state index contributed by atoms with van der Waals surface area (Å²) < 4.78 is 11.0. The van der Waals surface area contributed by atoms with Gasteiger partial charge in [0.2, 0.25) is 0 Å². The predicted molar refractivity (Wildman–Crippen MR) is 110 cm³/mol. The van der Waals surface area contributed by atoms with E-state index in [1.165, 1.54) is 0 Å². The number of carbonyl (C=O) groups excluding carboxylic acids is 1. The third kappa shape index (κ3) is 4.82. The number of fused-ring (bicyclic) bond motifs is 1. The van der Waals surface area contributed by atoms with Crippen LogP contribution in [0, 0.1) is 0 Å². The summed E-state index contributed by atoms with van der Waals surface area (Å²) in [6, 6.07) is 15.6. The molecular formula is C21H24N4O3. The Morgan fingerprint density at radius 1 is 1.18 bits per heavy atom. The largest absolute Gasteiger partial charge is 0.489 e. The van der Waals surface area contributed by atoms with Crippen LogP contribution in [-0.2, 0) is 11.3 Å². The predicted octanol–water partition coefficient (Wildman–Crippen LogP) is 3.68. The number of hydrogen-bond donors (Lipinski definition) is 3. The van der Waals surface area contributed by atoms with E-state index in [-0.39, 0.29) is 0 Å². The Balaban J connectivity index is 1.83. The highest BCUT2D eigenvalue weighted by atomic mass is 16.6. The number of hydrogen-bond acceptors (Lipinski definition) is 6. The molecule has 28 heavy (non-hydrogen) atoms. The number of amides is 1. The summed E-state index contributed by atoms with van der Waals surface area (Å²) in [5.41, 5.74) is 13.5. The van der Waals surface area contributed by atoms with E-state index in [0.717, 1.165) is 16.5 Å². The summed E-state index contributed by atoms with van der Waals surface area (Å²) in [6.07, 6.45) is 0.771. The lowest BCUT2D eigenvalue weighted by Gasteiger charge is -2.25. The number of ether oxygens (including phenoxy) is 2. The van der Waals surface area contributed by atoms with Crippen LogP contribution in [-0.4, -0.2) is 23.2 Å². The van der Waals surface area contributed by atoms with Crippen molar-refractivity contribution in [2.45, 2.75) is 26.1 Å². The van der Waals surface area contributed by atoms with Crippen LogP contribution in [0.25, 0.3) is 10.9 Å². The van der Waals surface area contributed by atoms with Gasteiger partial charge in [0.05, 0.1) is 29.6 Å². The number of benzene rings is 2. The first kappa shape index (κ1) is 19.3. The lowest BCUT2D eigenvalue weighted by atomic mass is 10.1. The zero-order valence-electron chi connectivity index (χ0n) is 15.9. The van der Waals surface area contributed by atoms with E-state index in [4.69, 9.17) is 20.9 Å². The van der Waals surface area contributed by atoms with Crippen LogP contribution in [0.2, 0.25) is 0 Å². The molecular weight excluding hydrogens is 356 g/mol. The second-order valence-corrected chi connectivity index (χ2v) is 7.08. The van der Waals surface area contributed by atoms with Gasteiger partial charge in [-0.1, -0.05) is 30.3 Å². The summed E-state index contributed by atoms with van der Waals surface area (Å²) in [6.45, 7) is 4.32. The highest BCUT2D eigenvalue weighted by molar-refractivity contribution is 5.97. The molecule has 0 spiro atoms. The summed E-state index contributed by atoms with van der Waals surface area (Å²) in [5, 5.41) is 4.07. The van der Waals surface area contributed by atoms with E-state index >= 15 is 0 Å². The van der Waals surface area contributed by atoms with Gasteiger partial charge in [0, 0.05) is 5.39 Å². The van der Waals surface area contributed by atoms with Crippen molar-refractivity contribution in [1.29, 1.82) is 0 Å². The number of carbonyl (C=O) groups is 1. The van der Waals surface area contributed by atoms with E-state index in [0.29, 0.717) is 30.3 Å². The molecule has 0 saturated carbocycles. The number of primary amides is 1. The maximum Gasteiger partial charge on any atom is 0.405 e. The van der Waals surface area contributed by atoms with Crippen LogP contribution in [0.4, 0.5) is 16.2 Å². The molecule has 3 aromatic rings. The molecule has 146 valence electrons. The fraction of sp³-hybridized carbons (Fsp3) is 0.238. The molecule has 0 atom stereocenters. The van der Waals surface area contributed by atoms with Crippen LogP contribution in [0.5, 0.6) is 5.75 Å². The average molecular weight is 380 g/mol. The van der Waals surface area contributed by atoms with Crippen molar-refractivity contribution in [3.05, 3.63) is 60.3 Å². The molecule has 3 rings (SSSR count). The van der Waals surface area contributed by atoms with E-state index in [1.54, 1.807) is 20.0 Å². The van der Waals surface area contributed by atoms with Crippen LogP contribution < -0.4 is 21.5 Å². The van der Waals surface area contributed by atoms with Crippen molar-refractivity contribution >= 4 is 28.4 Å². The smallest absolute Gasteiger partial charge is 0.405 e. The molecule has 0 unspecified atom stereocenters. The molecule has 0 aliphatic heterocycles. The molecule has 7 heteroatoms. The number of pyridine rings is 1. The topological polar surface area (TPSA) is 112 Å². The molecule has 1 heterocycles. The standard InChI is InChI=1S/C21H24N4O3/c1-21(2,28-20(23)26)13-25-19-16-10-15(8-9-18(16)24-11-17(19)22)27-12-14-6-4-3-5-7-14/h3-11H,12-13,22H2,1-2H3,(H2,23,26)(H,24,25). The molecule has 0 fully saturated rings. The second kappa shape index (κ2) is 8.04. The van der Waals surface area contributed by atoms with Crippen molar-refractivity contribution in [2.24, 2.45) is 5.73 Å². The van der Waals surface area contributed by atoms with Crippen molar-refractivity contribution < 1.29 is 14.3 Å². The van der Waals surface area contributed by atoms with E-state index in [2.05, 4.69) is 10.3 Å². The number of nitrogens with one attached hydrogen (secondary N) is 1. The number of nitrogens with zero attached hydrogens (tertiary/aromatic N) is 1. The molecule has 0 aliphatic rings. The summed E-state index contributed by atoms with van der Waals surface area (Å²) in [7, 11) is 0. The SMILES string of the molecule is CC(C)(CNc1c(N)cnc2ccc(OCc3ccccc3)cc12)OC(N)=O. The van der Waals surface area contributed by atoms with Crippen molar-refractivity contribution in [3.63, 3.8) is 0 Å². The van der Waals surface area contributed by atoms with Gasteiger partial charge in [-0.3, -0.25) is 4.98 Å². The van der Waals surface area contributed by atoms with Crippen LogP contribution in [0.15, 0.2) is 54.7 Å². The Kier molecular flexibility index (Phi) is 5.54. The molecule has 2 aromatic carbocycles. The minimum Gasteiger partial charge on any atom is -0.489 e. The Morgan fingerprint density at radius 3 is 2.64 bits per heavy atom. The lowest BCUT2D eigenvalue weighted by Crippen LogP contribution is -2.37. The molecule has 0 bridgehead atoms. The minimum atomic E-state index is -0.823. The zero-order chi connectivity index (χ0) is 20.1. The van der Waals surface area contributed by atoms with Crippen molar-refractivity contribution in [2.75, 3.05) is 17.6 Å². The van der Waals surface area contributed by atoms with Gasteiger partial charge in [-0.15, -0.1) is 0 Å². The zero-order valence-corrected chi connectivity index (χ0v) is 15.9. The first-order chi connectivity index (χ1) is 13.3. The fourth-order valence-electron chi connectivity index (χ4n) is 2.82. The Morgan fingerprint density at radius 2 is 1.93 bits per heavy atom. The lowest BCUT2D eigenvalue weighted by molar-refractivity contribution is 0.0554. The minimum absolute atomic E-state index is 0.328. The first-order valence-corrected chi connectivity index (χ1v) is 8.91. The Hall–Kier alpha value is -3.48. The van der Waals surface area contributed by atoms with Gasteiger partial charge in [0.15, 0.2) is 0 Å². The van der Waals surface area contributed by atoms with Gasteiger partial charge in [-0.25, -0.2) is 4.79 Å². The average Bonchev–Trinajstić information content (AvgIpc) is 2.65. The maximum atomic E-state index is 11.1. The molecule has 0 aliphatic carbocycles. The number of nitrogens with two attached hydrogens (primary N) is 2. The van der Waals surface area contributed by atoms with Gasteiger partial charge in [0.1, 0.15) is 18.0 Å². The second-order valence-electron chi connectivity index (χ2n) is 7.08. The maximum absolute atomic E-state index is 11.1. The van der Waals surface area contributed by atoms with Crippen molar-refractivity contribution in [3.8, 4) is 5.75 Å². The highest BCUT2D eigenvalue weighted by Crippen LogP contribution is 2.31. The van der Waals surface area contributed by atoms with Gasteiger partial charge < -0.3 is 26.3 Å². The fourth-order valence-corrected chi connectivity index (χ4v) is 2.82. The van der Waals surface area contributed by atoms with E-state index < -0.39 is 11.7 Å². The molecule has 5 N–H and O–H groups in total. The molecule has 1 aromatic heterocycles. The molecule has 0 radical (unpaired) electrons. The van der Waals surface area contributed by atoms with Crippen molar-refractivity contribution in [1.82, 2.24) is 4.98 Å². The summed E-state index contributed by atoms with van der Waals surface area (Å²) >= 11 is 0. The van der Waals surface area contributed by atoms with Gasteiger partial charge in [0.25, 0.3) is 0 Å². The van der Waals surface area contributed by atoms with E-state index in [9.17, 15) is 4.79 Å². The number of rotatable bonds is 7. The molecule has 7 nitrogen and oxygen atoms in total. The third-order valence-electron chi connectivity index (χ3n) is 4.18. The normalized spacial score (nSPS) is 11.2. The molecule has 1 amide bonds. The molecule has 0 saturated heterocycles. The highest BCUT2D eigenvalue weighted by Gasteiger charge is 2.22. The van der Waals surface area contributed by atoms with Gasteiger partial charge >= 0.3 is 6.09 Å². The van der Waals surface area contributed by atoms with Gasteiger partial charge in [-0.2, -0.15) is 0 Å². The van der Waals surface area contributed by atoms with Crippen LogP contribution in [0.3, 0.4) is 0 Å². The Labute approximate surface area is 163 Å². The van der Waals surface area contributed by atoms with Crippen LogP contribution >= 0.6 is 0 Å². The monoisotopic (exact) mass is 380 g/mol. The number of nitrogen functional groups attached to an aromatic ring is 1. The van der Waals surface area contributed by atoms with E-state index in [1.807, 2.05) is 48.5 Å². The first-order valence-electron chi connectivity index (χ1n) is 8.91. The van der Waals surface area contributed by atoms with Crippen LogP contribution in [0.1, 0.15) is 19.4 Å². The number of anilines is 2.